The highest BCUT2D eigenvalue weighted by molar-refractivity contribution is 7.90. The molecule has 4 rings (SSSR count). The molecule has 1 amide bonds. The summed E-state index contributed by atoms with van der Waals surface area (Å²) in [4.78, 5) is 12.9. The maximum atomic E-state index is 12.8. The number of aromatic nitrogens is 2. The lowest BCUT2D eigenvalue weighted by atomic mass is 10.1. The number of aryl methyl sites for hydroxylation is 2. The third-order valence-corrected chi connectivity index (χ3v) is 6.64. The first-order valence-electron chi connectivity index (χ1n) is 9.75. The number of nitrogens with one attached hydrogen (secondary N) is 1. The summed E-state index contributed by atoms with van der Waals surface area (Å²) in [7, 11) is -3.94. The minimum atomic E-state index is -3.94. The van der Waals surface area contributed by atoms with Gasteiger partial charge in [0, 0.05) is 0 Å². The Morgan fingerprint density at radius 3 is 2.62 bits per heavy atom. The van der Waals surface area contributed by atoms with Gasteiger partial charge in [0.2, 0.25) is 0 Å². The van der Waals surface area contributed by atoms with Crippen molar-refractivity contribution in [3.8, 4) is 0 Å². The number of rotatable bonds is 6. The number of carbonyl (C=O) groups excluding carboxylic acids is 1. The Labute approximate surface area is 170 Å². The normalized spacial score (nSPS) is 13.3. The van der Waals surface area contributed by atoms with Gasteiger partial charge in [-0.3, -0.25) is 9.48 Å². The van der Waals surface area contributed by atoms with E-state index >= 15 is 0 Å². The van der Waals surface area contributed by atoms with Crippen LogP contribution in [0.15, 0.2) is 59.6 Å². The topological polar surface area (TPSA) is 81.1 Å². The monoisotopic (exact) mass is 409 g/mol. The average molecular weight is 410 g/mol. The van der Waals surface area contributed by atoms with Crippen molar-refractivity contribution in [2.75, 3.05) is 0 Å². The Bertz CT molecular complexity index is 1150. The van der Waals surface area contributed by atoms with E-state index in [1.165, 1.54) is 11.8 Å². The molecule has 0 unspecified atom stereocenters. The van der Waals surface area contributed by atoms with Crippen LogP contribution in [0.1, 0.15) is 46.1 Å². The fraction of sp³-hybridized carbons (Fsp3) is 0.273. The quantitative estimate of drug-likeness (QED) is 0.678. The smallest absolute Gasteiger partial charge is 0.268 e. The lowest BCUT2D eigenvalue weighted by molar-refractivity contribution is 0.0980. The van der Waals surface area contributed by atoms with Crippen LogP contribution in [0.2, 0.25) is 0 Å². The predicted octanol–water partition coefficient (Wildman–Crippen LogP) is 3.10. The van der Waals surface area contributed by atoms with Crippen molar-refractivity contribution in [3.05, 3.63) is 82.7 Å². The van der Waals surface area contributed by atoms with Gasteiger partial charge >= 0.3 is 0 Å². The summed E-state index contributed by atoms with van der Waals surface area (Å²) in [6.07, 6.45) is 4.89. The van der Waals surface area contributed by atoms with Crippen LogP contribution in [-0.2, 0) is 35.8 Å². The van der Waals surface area contributed by atoms with Crippen molar-refractivity contribution in [3.63, 3.8) is 0 Å². The SMILES string of the molecule is CCc1c(C(=O)NS(=O)(=O)c2ccc3c(c2)CCC3)cnn1Cc1ccccc1. The number of fused-ring (bicyclic) bond motifs is 1. The van der Waals surface area contributed by atoms with Crippen LogP contribution in [0.4, 0.5) is 0 Å². The first-order chi connectivity index (χ1) is 14.0. The van der Waals surface area contributed by atoms with Gasteiger partial charge in [0.15, 0.2) is 0 Å². The maximum absolute atomic E-state index is 12.8. The molecule has 1 N–H and O–H groups in total. The van der Waals surface area contributed by atoms with Gasteiger partial charge in [-0.2, -0.15) is 5.10 Å². The molecule has 0 spiro atoms. The summed E-state index contributed by atoms with van der Waals surface area (Å²) in [6.45, 7) is 2.44. The molecule has 0 bridgehead atoms. The first kappa shape index (κ1) is 19.4. The Morgan fingerprint density at radius 1 is 1.10 bits per heavy atom. The van der Waals surface area contributed by atoms with Gasteiger partial charge < -0.3 is 0 Å². The highest BCUT2D eigenvalue weighted by atomic mass is 32.2. The molecule has 0 aliphatic heterocycles. The second-order valence-corrected chi connectivity index (χ2v) is 8.90. The van der Waals surface area contributed by atoms with Gasteiger partial charge in [-0.1, -0.05) is 43.3 Å². The van der Waals surface area contributed by atoms with E-state index in [2.05, 4.69) is 9.82 Å². The Balaban J connectivity index is 1.56. The molecule has 7 heteroatoms. The number of hydrogen-bond acceptors (Lipinski definition) is 4. The molecular formula is C22H23N3O3S. The Kier molecular flexibility index (Phi) is 5.24. The van der Waals surface area contributed by atoms with Crippen LogP contribution >= 0.6 is 0 Å². The molecule has 3 aromatic rings. The van der Waals surface area contributed by atoms with Crippen molar-refractivity contribution in [2.45, 2.75) is 44.0 Å². The number of carbonyl (C=O) groups is 1. The van der Waals surface area contributed by atoms with Gasteiger partial charge in [0.1, 0.15) is 0 Å². The Hall–Kier alpha value is -2.93. The number of sulfonamides is 1. The molecule has 0 atom stereocenters. The molecule has 6 nitrogen and oxygen atoms in total. The number of amides is 1. The lowest BCUT2D eigenvalue weighted by Crippen LogP contribution is -2.31. The van der Waals surface area contributed by atoms with Gasteiger partial charge in [0.05, 0.1) is 28.9 Å². The molecule has 1 heterocycles. The fourth-order valence-corrected chi connectivity index (χ4v) is 4.83. The maximum Gasteiger partial charge on any atom is 0.268 e. The summed E-state index contributed by atoms with van der Waals surface area (Å²) in [5, 5.41) is 4.31. The van der Waals surface area contributed by atoms with Crippen LogP contribution in [0.3, 0.4) is 0 Å². The van der Waals surface area contributed by atoms with Crippen molar-refractivity contribution >= 4 is 15.9 Å². The lowest BCUT2D eigenvalue weighted by Gasteiger charge is -2.10. The molecule has 29 heavy (non-hydrogen) atoms. The minimum Gasteiger partial charge on any atom is -0.268 e. The zero-order chi connectivity index (χ0) is 20.4. The average Bonchev–Trinajstić information content (AvgIpc) is 3.34. The molecule has 1 aliphatic carbocycles. The second kappa shape index (κ2) is 7.83. The number of hydrogen-bond donors (Lipinski definition) is 1. The molecule has 1 aliphatic rings. The van der Waals surface area contributed by atoms with E-state index in [0.717, 1.165) is 30.4 Å². The van der Waals surface area contributed by atoms with E-state index in [9.17, 15) is 13.2 Å². The van der Waals surface area contributed by atoms with Crippen molar-refractivity contribution in [2.24, 2.45) is 0 Å². The highest BCUT2D eigenvalue weighted by Crippen LogP contribution is 2.25. The third kappa shape index (κ3) is 3.96. The molecule has 0 fully saturated rings. The fourth-order valence-electron chi connectivity index (χ4n) is 3.82. The van der Waals surface area contributed by atoms with Gasteiger partial charge in [-0.15, -0.1) is 0 Å². The summed E-state index contributed by atoms with van der Waals surface area (Å²) in [5.41, 5.74) is 4.28. The first-order valence-corrected chi connectivity index (χ1v) is 11.2. The standard InChI is InChI=1S/C22H23N3O3S/c1-2-21-20(14-23-25(21)15-16-7-4-3-5-8-16)22(26)24-29(27,28)19-12-11-17-9-6-10-18(17)13-19/h3-5,7-8,11-14H,2,6,9-10,15H2,1H3,(H,24,26). The number of nitrogens with zero attached hydrogens (tertiary/aromatic N) is 2. The van der Waals surface area contributed by atoms with E-state index in [1.54, 1.807) is 16.8 Å². The molecule has 0 saturated heterocycles. The van der Waals surface area contributed by atoms with Gasteiger partial charge in [0.25, 0.3) is 15.9 Å². The second-order valence-electron chi connectivity index (χ2n) is 7.22. The Morgan fingerprint density at radius 2 is 1.86 bits per heavy atom. The van der Waals surface area contributed by atoms with Crippen LogP contribution in [0, 0.1) is 0 Å². The van der Waals surface area contributed by atoms with Crippen LogP contribution in [0.25, 0.3) is 0 Å². The molecule has 0 radical (unpaired) electrons. The van der Waals surface area contributed by atoms with Crippen molar-refractivity contribution in [1.82, 2.24) is 14.5 Å². The van der Waals surface area contributed by atoms with E-state index in [4.69, 9.17) is 0 Å². The zero-order valence-corrected chi connectivity index (χ0v) is 17.1. The van der Waals surface area contributed by atoms with E-state index in [0.29, 0.717) is 18.7 Å². The van der Waals surface area contributed by atoms with Crippen molar-refractivity contribution < 1.29 is 13.2 Å². The number of benzene rings is 2. The van der Waals surface area contributed by atoms with Crippen LogP contribution in [0.5, 0.6) is 0 Å². The van der Waals surface area contributed by atoms with E-state index < -0.39 is 15.9 Å². The largest absolute Gasteiger partial charge is 0.268 e. The third-order valence-electron chi connectivity index (χ3n) is 5.31. The molecule has 1 aromatic heterocycles. The molecule has 0 saturated carbocycles. The van der Waals surface area contributed by atoms with Gasteiger partial charge in [-0.25, -0.2) is 13.1 Å². The minimum absolute atomic E-state index is 0.126. The summed E-state index contributed by atoms with van der Waals surface area (Å²) >= 11 is 0. The van der Waals surface area contributed by atoms with E-state index in [-0.39, 0.29) is 10.5 Å². The van der Waals surface area contributed by atoms with Crippen molar-refractivity contribution in [1.29, 1.82) is 0 Å². The summed E-state index contributed by atoms with van der Waals surface area (Å²) in [6, 6.07) is 14.9. The molecule has 2 aromatic carbocycles. The molecule has 150 valence electrons. The van der Waals surface area contributed by atoms with Crippen LogP contribution in [-0.4, -0.2) is 24.1 Å². The van der Waals surface area contributed by atoms with Crippen LogP contribution < -0.4 is 4.72 Å². The predicted molar refractivity (Wildman–Crippen MR) is 110 cm³/mol. The summed E-state index contributed by atoms with van der Waals surface area (Å²) in [5.74, 6) is -0.651. The van der Waals surface area contributed by atoms with Gasteiger partial charge in [-0.05, 0) is 54.5 Å². The highest BCUT2D eigenvalue weighted by Gasteiger charge is 2.24. The van der Waals surface area contributed by atoms with E-state index in [1.807, 2.05) is 43.3 Å². The zero-order valence-electron chi connectivity index (χ0n) is 16.3. The summed E-state index contributed by atoms with van der Waals surface area (Å²) < 4.78 is 29.5. The molecular weight excluding hydrogens is 386 g/mol.